The molecule has 0 amide bonds. The van der Waals surface area contributed by atoms with E-state index in [0.717, 1.165) is 11.6 Å². The first-order valence-electron chi connectivity index (χ1n) is 4.79. The summed E-state index contributed by atoms with van der Waals surface area (Å²) in [5.74, 6) is 0. The number of aliphatic hydroxyl groups excluding tert-OH is 1. The van der Waals surface area contributed by atoms with Crippen molar-refractivity contribution in [2.45, 2.75) is 45.9 Å². The first-order valence-corrected chi connectivity index (χ1v) is 4.79. The van der Waals surface area contributed by atoms with Gasteiger partial charge in [0.1, 0.15) is 0 Å². The molecule has 0 fully saturated rings. The smallest absolute Gasteiger partial charge is 0.380 e. The van der Waals surface area contributed by atoms with Crippen LogP contribution in [-0.2, 0) is 0 Å². The van der Waals surface area contributed by atoms with Crippen LogP contribution in [0, 0.1) is 0 Å². The molecule has 0 aliphatic rings. The lowest BCUT2D eigenvalue weighted by Gasteiger charge is -2.11. The van der Waals surface area contributed by atoms with Crippen LogP contribution in [0.15, 0.2) is 23.3 Å². The predicted molar refractivity (Wildman–Crippen MR) is 54.5 cm³/mol. The lowest BCUT2D eigenvalue weighted by atomic mass is 10.1. The minimum Gasteiger partial charge on any atom is -0.380 e. The molecule has 0 aromatic carbocycles. The Morgan fingerprint density at radius 1 is 1.27 bits per heavy atom. The van der Waals surface area contributed by atoms with Crippen LogP contribution in [-0.4, -0.2) is 17.4 Å². The molecule has 0 aromatic heterocycles. The van der Waals surface area contributed by atoms with E-state index in [1.165, 1.54) is 0 Å². The highest BCUT2D eigenvalue weighted by molar-refractivity contribution is 5.06. The zero-order valence-corrected chi connectivity index (χ0v) is 9.23. The molecule has 4 heteroatoms. The van der Waals surface area contributed by atoms with Crippen molar-refractivity contribution in [2.75, 3.05) is 0 Å². The molecule has 0 aliphatic heterocycles. The molecule has 0 radical (unpaired) electrons. The van der Waals surface area contributed by atoms with Gasteiger partial charge < -0.3 is 5.11 Å². The zero-order valence-electron chi connectivity index (χ0n) is 9.23. The number of halogens is 3. The van der Waals surface area contributed by atoms with Crippen molar-refractivity contribution < 1.29 is 18.3 Å². The minimum atomic E-state index is -4.56. The van der Waals surface area contributed by atoms with Crippen LogP contribution >= 0.6 is 0 Å². The van der Waals surface area contributed by atoms with Crippen LogP contribution in [0.1, 0.15) is 33.6 Å². The molecule has 0 rings (SSSR count). The molecule has 1 N–H and O–H groups in total. The Bertz CT molecular complexity index is 247. The summed E-state index contributed by atoms with van der Waals surface area (Å²) < 4.78 is 35.9. The van der Waals surface area contributed by atoms with Crippen molar-refractivity contribution in [3.05, 3.63) is 23.3 Å². The molecule has 1 atom stereocenters. The molecule has 0 aromatic rings. The molecule has 1 nitrogen and oxygen atoms in total. The van der Waals surface area contributed by atoms with Gasteiger partial charge in [0, 0.05) is 0 Å². The Hall–Kier alpha value is -0.770. The average molecular weight is 222 g/mol. The van der Waals surface area contributed by atoms with Gasteiger partial charge in [-0.05, 0) is 39.7 Å². The zero-order chi connectivity index (χ0) is 12.1. The lowest BCUT2D eigenvalue weighted by Crippen LogP contribution is -2.26. The first-order chi connectivity index (χ1) is 6.73. The Morgan fingerprint density at radius 3 is 2.20 bits per heavy atom. The Labute approximate surface area is 88.3 Å². The normalized spacial score (nSPS) is 15.0. The molecule has 88 valence electrons. The molecule has 0 saturated carbocycles. The van der Waals surface area contributed by atoms with Gasteiger partial charge in [0.15, 0.2) is 6.10 Å². The Kier molecular flexibility index (Phi) is 5.65. The number of hydrogen-bond acceptors (Lipinski definition) is 1. The summed E-state index contributed by atoms with van der Waals surface area (Å²) in [5.41, 5.74) is 1.69. The fraction of sp³-hybridized carbons (Fsp3) is 0.636. The molecule has 0 heterocycles. The van der Waals surface area contributed by atoms with Crippen molar-refractivity contribution in [2.24, 2.45) is 0 Å². The summed E-state index contributed by atoms with van der Waals surface area (Å²) >= 11 is 0. The molecular formula is C11H17F3O. The third-order valence-corrected chi connectivity index (χ3v) is 1.87. The average Bonchev–Trinajstić information content (AvgIpc) is 2.01. The van der Waals surface area contributed by atoms with E-state index in [0.29, 0.717) is 18.4 Å². The van der Waals surface area contributed by atoms with Crippen molar-refractivity contribution in [3.8, 4) is 0 Å². The maximum absolute atomic E-state index is 12.0. The molecule has 15 heavy (non-hydrogen) atoms. The fourth-order valence-electron chi connectivity index (χ4n) is 1.04. The number of rotatable bonds is 4. The van der Waals surface area contributed by atoms with E-state index in [2.05, 4.69) is 0 Å². The number of hydrogen-bond donors (Lipinski definition) is 1. The van der Waals surface area contributed by atoms with Gasteiger partial charge in [0.25, 0.3) is 0 Å². The third kappa shape index (κ3) is 7.19. The highest BCUT2D eigenvalue weighted by Crippen LogP contribution is 2.22. The molecule has 1 unspecified atom stereocenters. The van der Waals surface area contributed by atoms with Crippen molar-refractivity contribution >= 4 is 0 Å². The molecule has 0 bridgehead atoms. The van der Waals surface area contributed by atoms with Gasteiger partial charge >= 0.3 is 6.18 Å². The van der Waals surface area contributed by atoms with Gasteiger partial charge in [-0.15, -0.1) is 0 Å². The quantitative estimate of drug-likeness (QED) is 0.720. The second-order valence-corrected chi connectivity index (χ2v) is 3.82. The summed E-state index contributed by atoms with van der Waals surface area (Å²) in [6.07, 6.45) is -2.84. The summed E-state index contributed by atoms with van der Waals surface area (Å²) in [7, 11) is 0. The lowest BCUT2D eigenvalue weighted by molar-refractivity contribution is -0.188. The number of alkyl halides is 3. The molecule has 0 saturated heterocycles. The fourth-order valence-corrected chi connectivity index (χ4v) is 1.04. The van der Waals surface area contributed by atoms with E-state index in [4.69, 9.17) is 5.11 Å². The number of aliphatic hydroxyl groups is 1. The van der Waals surface area contributed by atoms with Gasteiger partial charge in [-0.1, -0.05) is 17.2 Å². The topological polar surface area (TPSA) is 20.2 Å². The van der Waals surface area contributed by atoms with Crippen molar-refractivity contribution in [1.82, 2.24) is 0 Å². The third-order valence-electron chi connectivity index (χ3n) is 1.87. The summed E-state index contributed by atoms with van der Waals surface area (Å²) in [6.45, 7) is 5.46. The predicted octanol–water partition coefficient (Wildman–Crippen LogP) is 3.60. The van der Waals surface area contributed by atoms with Crippen molar-refractivity contribution in [3.63, 3.8) is 0 Å². The highest BCUT2D eigenvalue weighted by atomic mass is 19.4. The second kappa shape index (κ2) is 5.95. The van der Waals surface area contributed by atoms with Gasteiger partial charge in [0.2, 0.25) is 0 Å². The van der Waals surface area contributed by atoms with E-state index < -0.39 is 12.3 Å². The molecular weight excluding hydrogens is 205 g/mol. The SMILES string of the molecule is CC(C)=CCC/C(C)=C/C(O)C(F)(F)F. The minimum absolute atomic E-state index is 0.540. The van der Waals surface area contributed by atoms with E-state index in [1.54, 1.807) is 6.92 Å². The Balaban J connectivity index is 4.15. The van der Waals surface area contributed by atoms with Crippen LogP contribution in [0.5, 0.6) is 0 Å². The van der Waals surface area contributed by atoms with Gasteiger partial charge in [-0.25, -0.2) is 0 Å². The molecule has 0 aliphatic carbocycles. The summed E-state index contributed by atoms with van der Waals surface area (Å²) in [4.78, 5) is 0. The highest BCUT2D eigenvalue weighted by Gasteiger charge is 2.36. The summed E-state index contributed by atoms with van der Waals surface area (Å²) in [6, 6.07) is 0. The monoisotopic (exact) mass is 222 g/mol. The van der Waals surface area contributed by atoms with Gasteiger partial charge in [-0.2, -0.15) is 13.2 Å². The van der Waals surface area contributed by atoms with Gasteiger partial charge in [-0.3, -0.25) is 0 Å². The van der Waals surface area contributed by atoms with Crippen LogP contribution < -0.4 is 0 Å². The van der Waals surface area contributed by atoms with Crippen LogP contribution in [0.25, 0.3) is 0 Å². The van der Waals surface area contributed by atoms with E-state index in [1.807, 2.05) is 19.9 Å². The Morgan fingerprint density at radius 2 is 1.80 bits per heavy atom. The second-order valence-electron chi connectivity index (χ2n) is 3.82. The standard InChI is InChI=1S/C11H17F3O/c1-8(2)5-4-6-9(3)7-10(15)11(12,13)14/h5,7,10,15H,4,6H2,1-3H3/b9-7+. The van der Waals surface area contributed by atoms with Crippen molar-refractivity contribution in [1.29, 1.82) is 0 Å². The van der Waals surface area contributed by atoms with Gasteiger partial charge in [0.05, 0.1) is 0 Å². The van der Waals surface area contributed by atoms with E-state index >= 15 is 0 Å². The van der Waals surface area contributed by atoms with Crippen LogP contribution in [0.2, 0.25) is 0 Å². The summed E-state index contributed by atoms with van der Waals surface area (Å²) in [5, 5.41) is 8.75. The largest absolute Gasteiger partial charge is 0.417 e. The van der Waals surface area contributed by atoms with Crippen LogP contribution in [0.4, 0.5) is 13.2 Å². The maximum atomic E-state index is 12.0. The molecule has 0 spiro atoms. The van der Waals surface area contributed by atoms with Crippen LogP contribution in [0.3, 0.4) is 0 Å². The maximum Gasteiger partial charge on any atom is 0.417 e. The number of allylic oxidation sites excluding steroid dienone is 3. The van der Waals surface area contributed by atoms with E-state index in [-0.39, 0.29) is 0 Å². The van der Waals surface area contributed by atoms with E-state index in [9.17, 15) is 13.2 Å². The first kappa shape index (κ1) is 14.2.